The number of rotatable bonds is 5. The second-order valence-electron chi connectivity index (χ2n) is 6.58. The third-order valence-electron chi connectivity index (χ3n) is 5.09. The van der Waals surface area contributed by atoms with E-state index >= 15 is 0 Å². The largest absolute Gasteiger partial charge is 0.481 e. The molecule has 0 radical (unpaired) electrons. The topological polar surface area (TPSA) is 78.4 Å². The Bertz CT molecular complexity index is 367. The van der Waals surface area contributed by atoms with E-state index in [4.69, 9.17) is 5.11 Å². The van der Waals surface area contributed by atoms with Crippen molar-refractivity contribution in [1.29, 1.82) is 0 Å². The highest BCUT2D eigenvalue weighted by molar-refractivity contribution is 5.75. The molecule has 0 aromatic heterocycles. The van der Waals surface area contributed by atoms with Crippen LogP contribution in [-0.4, -0.2) is 29.2 Å². The number of aliphatic carboxylic acids is 1. The molecule has 2 aliphatic carbocycles. The van der Waals surface area contributed by atoms with Crippen molar-refractivity contribution < 1.29 is 14.7 Å². The minimum absolute atomic E-state index is 0.00922. The van der Waals surface area contributed by atoms with Crippen molar-refractivity contribution in [3.05, 3.63) is 0 Å². The maximum Gasteiger partial charge on any atom is 0.315 e. The highest BCUT2D eigenvalue weighted by Crippen LogP contribution is 2.28. The van der Waals surface area contributed by atoms with Gasteiger partial charge in [0, 0.05) is 12.1 Å². The molecule has 0 saturated heterocycles. The van der Waals surface area contributed by atoms with Gasteiger partial charge in [0.2, 0.25) is 0 Å². The van der Waals surface area contributed by atoms with E-state index in [2.05, 4.69) is 17.6 Å². The zero-order valence-electron chi connectivity index (χ0n) is 12.9. The van der Waals surface area contributed by atoms with Crippen LogP contribution in [-0.2, 0) is 4.79 Å². The minimum atomic E-state index is -0.742. The van der Waals surface area contributed by atoms with Gasteiger partial charge in [0.15, 0.2) is 0 Å². The van der Waals surface area contributed by atoms with Gasteiger partial charge in [0.05, 0.1) is 5.92 Å². The Kier molecular flexibility index (Phi) is 5.88. The third kappa shape index (κ3) is 4.61. The number of urea groups is 1. The van der Waals surface area contributed by atoms with E-state index in [0.717, 1.165) is 12.8 Å². The molecule has 1 unspecified atom stereocenters. The summed E-state index contributed by atoms with van der Waals surface area (Å²) in [6.45, 7) is 2.12. The van der Waals surface area contributed by atoms with Crippen molar-refractivity contribution in [2.45, 2.75) is 76.8 Å². The van der Waals surface area contributed by atoms with Crippen LogP contribution in [0.25, 0.3) is 0 Å². The standard InChI is InChI=1S/C16H28N2O3/c1-2-14(11-6-4-3-5-7-11)18-16(21)17-13-9-8-12(10-13)15(19)20/h11-14H,2-10H2,1H3,(H,19,20)(H2,17,18,21)/t12-,13+,14?/m1/s1. The molecule has 2 saturated carbocycles. The molecule has 0 aliphatic heterocycles. The highest BCUT2D eigenvalue weighted by Gasteiger charge is 2.31. The molecule has 3 atom stereocenters. The summed E-state index contributed by atoms with van der Waals surface area (Å²) in [5.41, 5.74) is 0. The van der Waals surface area contributed by atoms with Gasteiger partial charge in [-0.15, -0.1) is 0 Å². The second kappa shape index (κ2) is 7.66. The number of hydrogen-bond acceptors (Lipinski definition) is 2. The van der Waals surface area contributed by atoms with E-state index in [1.54, 1.807) is 0 Å². The van der Waals surface area contributed by atoms with Crippen LogP contribution >= 0.6 is 0 Å². The minimum Gasteiger partial charge on any atom is -0.481 e. The Morgan fingerprint density at radius 1 is 1.14 bits per heavy atom. The van der Waals surface area contributed by atoms with Gasteiger partial charge in [0.1, 0.15) is 0 Å². The fraction of sp³-hybridized carbons (Fsp3) is 0.875. The Labute approximate surface area is 126 Å². The van der Waals surface area contributed by atoms with Crippen LogP contribution in [0.3, 0.4) is 0 Å². The monoisotopic (exact) mass is 296 g/mol. The number of carboxylic acids is 1. The molecule has 0 bridgehead atoms. The maximum absolute atomic E-state index is 12.1. The molecule has 120 valence electrons. The van der Waals surface area contributed by atoms with Crippen LogP contribution < -0.4 is 10.6 Å². The first kappa shape index (κ1) is 16.1. The molecule has 5 heteroatoms. The van der Waals surface area contributed by atoms with Crippen molar-refractivity contribution in [3.8, 4) is 0 Å². The lowest BCUT2D eigenvalue weighted by Gasteiger charge is -2.30. The van der Waals surface area contributed by atoms with Gasteiger partial charge in [-0.2, -0.15) is 0 Å². The lowest BCUT2D eigenvalue weighted by Crippen LogP contribution is -2.48. The predicted molar refractivity (Wildman–Crippen MR) is 81.1 cm³/mol. The first-order valence-corrected chi connectivity index (χ1v) is 8.40. The fourth-order valence-corrected chi connectivity index (χ4v) is 3.82. The molecule has 0 aromatic carbocycles. The molecule has 0 heterocycles. The quantitative estimate of drug-likeness (QED) is 0.730. The zero-order chi connectivity index (χ0) is 15.2. The first-order chi connectivity index (χ1) is 10.1. The SMILES string of the molecule is CCC(NC(=O)N[C@H]1CC[C@@H](C(=O)O)C1)C1CCCCC1. The summed E-state index contributed by atoms with van der Waals surface area (Å²) in [6.07, 6.45) is 9.24. The second-order valence-corrected chi connectivity index (χ2v) is 6.58. The number of amides is 2. The van der Waals surface area contributed by atoms with Gasteiger partial charge < -0.3 is 15.7 Å². The molecule has 21 heavy (non-hydrogen) atoms. The van der Waals surface area contributed by atoms with E-state index in [0.29, 0.717) is 18.8 Å². The normalized spacial score (nSPS) is 28.0. The number of hydrogen-bond donors (Lipinski definition) is 3. The van der Waals surface area contributed by atoms with Crippen LogP contribution in [0, 0.1) is 11.8 Å². The predicted octanol–water partition coefficient (Wildman–Crippen LogP) is 2.90. The number of carbonyl (C=O) groups excluding carboxylic acids is 1. The van der Waals surface area contributed by atoms with E-state index in [1.165, 1.54) is 32.1 Å². The van der Waals surface area contributed by atoms with E-state index in [9.17, 15) is 9.59 Å². The van der Waals surface area contributed by atoms with Crippen molar-refractivity contribution in [3.63, 3.8) is 0 Å². The fourth-order valence-electron chi connectivity index (χ4n) is 3.82. The van der Waals surface area contributed by atoms with Crippen molar-refractivity contribution in [2.75, 3.05) is 0 Å². The Balaban J connectivity index is 1.76. The molecule has 2 rings (SSSR count). The number of nitrogens with one attached hydrogen (secondary N) is 2. The molecular weight excluding hydrogens is 268 g/mol. The number of carboxylic acid groups (broad SMARTS) is 1. The molecule has 0 aromatic rings. The van der Waals surface area contributed by atoms with E-state index in [-0.39, 0.29) is 24.0 Å². The van der Waals surface area contributed by atoms with Crippen molar-refractivity contribution in [1.82, 2.24) is 10.6 Å². The van der Waals surface area contributed by atoms with Crippen LogP contribution in [0.4, 0.5) is 4.79 Å². The summed E-state index contributed by atoms with van der Waals surface area (Å²) in [5, 5.41) is 15.1. The molecule has 2 fully saturated rings. The molecule has 5 nitrogen and oxygen atoms in total. The average Bonchev–Trinajstić information content (AvgIpc) is 2.94. The summed E-state index contributed by atoms with van der Waals surface area (Å²) in [4.78, 5) is 23.1. The van der Waals surface area contributed by atoms with E-state index in [1.807, 2.05) is 0 Å². The Morgan fingerprint density at radius 2 is 1.86 bits per heavy atom. The van der Waals surface area contributed by atoms with Gasteiger partial charge in [-0.25, -0.2) is 4.79 Å². The lowest BCUT2D eigenvalue weighted by atomic mass is 9.83. The lowest BCUT2D eigenvalue weighted by molar-refractivity contribution is -0.141. The Morgan fingerprint density at radius 3 is 2.43 bits per heavy atom. The summed E-state index contributed by atoms with van der Waals surface area (Å²) in [7, 11) is 0. The summed E-state index contributed by atoms with van der Waals surface area (Å²) >= 11 is 0. The van der Waals surface area contributed by atoms with Gasteiger partial charge in [-0.05, 0) is 44.4 Å². The van der Waals surface area contributed by atoms with Gasteiger partial charge in [-0.1, -0.05) is 26.2 Å². The third-order valence-corrected chi connectivity index (χ3v) is 5.09. The van der Waals surface area contributed by atoms with Gasteiger partial charge in [0.25, 0.3) is 0 Å². The van der Waals surface area contributed by atoms with Crippen LogP contribution in [0.5, 0.6) is 0 Å². The van der Waals surface area contributed by atoms with Gasteiger partial charge in [-0.3, -0.25) is 4.79 Å². The molecule has 2 aliphatic rings. The molecule has 3 N–H and O–H groups in total. The summed E-state index contributed by atoms with van der Waals surface area (Å²) < 4.78 is 0. The number of carbonyl (C=O) groups is 2. The van der Waals surface area contributed by atoms with E-state index < -0.39 is 5.97 Å². The smallest absolute Gasteiger partial charge is 0.315 e. The molecular formula is C16H28N2O3. The van der Waals surface area contributed by atoms with Crippen LogP contribution in [0.2, 0.25) is 0 Å². The van der Waals surface area contributed by atoms with Gasteiger partial charge >= 0.3 is 12.0 Å². The highest BCUT2D eigenvalue weighted by atomic mass is 16.4. The molecule has 2 amide bonds. The summed E-state index contributed by atoms with van der Waals surface area (Å²) in [5.74, 6) is -0.436. The summed E-state index contributed by atoms with van der Waals surface area (Å²) in [6, 6.07) is 0.139. The maximum atomic E-state index is 12.1. The molecule has 0 spiro atoms. The Hall–Kier alpha value is -1.26. The average molecular weight is 296 g/mol. The van der Waals surface area contributed by atoms with Crippen LogP contribution in [0.1, 0.15) is 64.7 Å². The van der Waals surface area contributed by atoms with Crippen molar-refractivity contribution in [2.24, 2.45) is 11.8 Å². The van der Waals surface area contributed by atoms with Crippen molar-refractivity contribution >= 4 is 12.0 Å². The first-order valence-electron chi connectivity index (χ1n) is 8.40. The van der Waals surface area contributed by atoms with Crippen LogP contribution in [0.15, 0.2) is 0 Å². The zero-order valence-corrected chi connectivity index (χ0v) is 12.9.